The van der Waals surface area contributed by atoms with Crippen molar-refractivity contribution in [2.75, 3.05) is 18.1 Å². The van der Waals surface area contributed by atoms with E-state index >= 15 is 0 Å². The van der Waals surface area contributed by atoms with Crippen LogP contribution in [0, 0.1) is 0 Å². The molecule has 96 valence electrons. The standard InChI is InChI=1S/C13H16N2O2S/c1-2-6-14-13(16)10-3-4-12(15-8-10)17-11-5-7-18-9-11/h2-4,8,11H,1,5-7,9H2,(H,14,16). The fraction of sp³-hybridized carbons (Fsp3) is 0.385. The normalized spacial score (nSPS) is 18.3. The number of pyridine rings is 1. The zero-order valence-electron chi connectivity index (χ0n) is 10.1. The van der Waals surface area contributed by atoms with E-state index in [-0.39, 0.29) is 12.0 Å². The third-order valence-electron chi connectivity index (χ3n) is 2.58. The molecule has 2 heterocycles. The number of amides is 1. The van der Waals surface area contributed by atoms with E-state index in [1.54, 1.807) is 18.2 Å². The second-order valence-corrected chi connectivity index (χ2v) is 5.14. The van der Waals surface area contributed by atoms with Crippen molar-refractivity contribution in [2.24, 2.45) is 0 Å². The van der Waals surface area contributed by atoms with Gasteiger partial charge in [0, 0.05) is 24.6 Å². The van der Waals surface area contributed by atoms with Crippen LogP contribution in [0.2, 0.25) is 0 Å². The molecular formula is C13H16N2O2S. The lowest BCUT2D eigenvalue weighted by atomic mass is 10.2. The molecule has 4 nitrogen and oxygen atoms in total. The van der Waals surface area contributed by atoms with Gasteiger partial charge in [0.2, 0.25) is 5.88 Å². The molecule has 18 heavy (non-hydrogen) atoms. The third-order valence-corrected chi connectivity index (χ3v) is 3.71. The monoisotopic (exact) mass is 264 g/mol. The Kier molecular flexibility index (Phi) is 4.64. The number of thioether (sulfide) groups is 1. The van der Waals surface area contributed by atoms with Crippen LogP contribution in [0.25, 0.3) is 0 Å². The zero-order chi connectivity index (χ0) is 12.8. The number of hydrogen-bond donors (Lipinski definition) is 1. The molecule has 0 aromatic carbocycles. The van der Waals surface area contributed by atoms with Gasteiger partial charge in [0.15, 0.2) is 0 Å². The van der Waals surface area contributed by atoms with E-state index in [1.807, 2.05) is 11.8 Å². The van der Waals surface area contributed by atoms with E-state index in [0.29, 0.717) is 18.0 Å². The number of ether oxygens (including phenoxy) is 1. The molecule has 1 atom stereocenters. The van der Waals surface area contributed by atoms with Gasteiger partial charge in [-0.3, -0.25) is 4.79 Å². The highest BCUT2D eigenvalue weighted by molar-refractivity contribution is 7.99. The smallest absolute Gasteiger partial charge is 0.253 e. The van der Waals surface area contributed by atoms with Crippen LogP contribution in [0.3, 0.4) is 0 Å². The summed E-state index contributed by atoms with van der Waals surface area (Å²) in [7, 11) is 0. The van der Waals surface area contributed by atoms with Gasteiger partial charge < -0.3 is 10.1 Å². The lowest BCUT2D eigenvalue weighted by molar-refractivity contribution is 0.0957. The summed E-state index contributed by atoms with van der Waals surface area (Å²) < 4.78 is 5.71. The summed E-state index contributed by atoms with van der Waals surface area (Å²) >= 11 is 1.89. The van der Waals surface area contributed by atoms with Gasteiger partial charge in [-0.15, -0.1) is 6.58 Å². The van der Waals surface area contributed by atoms with Crippen molar-refractivity contribution in [3.63, 3.8) is 0 Å². The maximum absolute atomic E-state index is 11.6. The van der Waals surface area contributed by atoms with Gasteiger partial charge in [-0.2, -0.15) is 11.8 Å². The van der Waals surface area contributed by atoms with E-state index in [1.165, 1.54) is 6.20 Å². The third kappa shape index (κ3) is 3.50. The Hall–Kier alpha value is -1.49. The molecule has 1 unspecified atom stereocenters. The highest BCUT2D eigenvalue weighted by atomic mass is 32.2. The average molecular weight is 264 g/mol. The molecular weight excluding hydrogens is 248 g/mol. The summed E-state index contributed by atoms with van der Waals surface area (Å²) in [4.78, 5) is 15.8. The first-order chi connectivity index (χ1) is 8.79. The first-order valence-electron chi connectivity index (χ1n) is 5.89. The van der Waals surface area contributed by atoms with Crippen molar-refractivity contribution >= 4 is 17.7 Å². The molecule has 0 aliphatic carbocycles. The fourth-order valence-corrected chi connectivity index (χ4v) is 2.72. The number of nitrogens with one attached hydrogen (secondary N) is 1. The van der Waals surface area contributed by atoms with Gasteiger partial charge in [0.05, 0.1) is 5.56 Å². The van der Waals surface area contributed by atoms with E-state index in [2.05, 4.69) is 16.9 Å². The van der Waals surface area contributed by atoms with Crippen molar-refractivity contribution < 1.29 is 9.53 Å². The Balaban J connectivity index is 1.91. The van der Waals surface area contributed by atoms with Crippen LogP contribution in [0.15, 0.2) is 31.0 Å². The van der Waals surface area contributed by atoms with Crippen molar-refractivity contribution in [1.82, 2.24) is 10.3 Å². The van der Waals surface area contributed by atoms with Gasteiger partial charge in [-0.05, 0) is 18.2 Å². The topological polar surface area (TPSA) is 51.2 Å². The molecule has 0 radical (unpaired) electrons. The molecule has 1 N–H and O–H groups in total. The van der Waals surface area contributed by atoms with Crippen LogP contribution < -0.4 is 10.1 Å². The summed E-state index contributed by atoms with van der Waals surface area (Å²) in [5, 5.41) is 2.70. The van der Waals surface area contributed by atoms with Crippen molar-refractivity contribution in [3.8, 4) is 5.88 Å². The number of carbonyl (C=O) groups is 1. The van der Waals surface area contributed by atoms with Crippen molar-refractivity contribution in [2.45, 2.75) is 12.5 Å². The Morgan fingerprint density at radius 3 is 3.17 bits per heavy atom. The van der Waals surface area contributed by atoms with E-state index < -0.39 is 0 Å². The molecule has 0 spiro atoms. The van der Waals surface area contributed by atoms with Crippen molar-refractivity contribution in [3.05, 3.63) is 36.5 Å². The SMILES string of the molecule is C=CCNC(=O)c1ccc(OC2CCSC2)nc1. The average Bonchev–Trinajstić information content (AvgIpc) is 2.89. The molecule has 1 aliphatic rings. The first kappa shape index (κ1) is 13.0. The Morgan fingerprint density at radius 2 is 2.56 bits per heavy atom. The lowest BCUT2D eigenvalue weighted by Crippen LogP contribution is -2.23. The van der Waals surface area contributed by atoms with Crippen LogP contribution in [0.5, 0.6) is 5.88 Å². The van der Waals surface area contributed by atoms with Crippen LogP contribution in [-0.4, -0.2) is 35.0 Å². The molecule has 1 fully saturated rings. The molecule has 0 bridgehead atoms. The van der Waals surface area contributed by atoms with Gasteiger partial charge in [0.25, 0.3) is 5.91 Å². The second kappa shape index (κ2) is 6.44. The lowest BCUT2D eigenvalue weighted by Gasteiger charge is -2.11. The Morgan fingerprint density at radius 1 is 1.67 bits per heavy atom. The largest absolute Gasteiger partial charge is 0.473 e. The van der Waals surface area contributed by atoms with Crippen LogP contribution in [0.4, 0.5) is 0 Å². The summed E-state index contributed by atoms with van der Waals surface area (Å²) in [5.74, 6) is 2.60. The van der Waals surface area contributed by atoms with Gasteiger partial charge in [0.1, 0.15) is 6.10 Å². The number of nitrogens with zero attached hydrogens (tertiary/aromatic N) is 1. The Labute approximate surface area is 111 Å². The van der Waals surface area contributed by atoms with Gasteiger partial charge in [-0.25, -0.2) is 4.98 Å². The first-order valence-corrected chi connectivity index (χ1v) is 7.04. The number of rotatable bonds is 5. The molecule has 0 saturated carbocycles. The van der Waals surface area contributed by atoms with Crippen LogP contribution >= 0.6 is 11.8 Å². The fourth-order valence-electron chi connectivity index (χ4n) is 1.63. The molecule has 1 aromatic rings. The second-order valence-electron chi connectivity index (χ2n) is 3.99. The number of carbonyl (C=O) groups excluding carboxylic acids is 1. The summed E-state index contributed by atoms with van der Waals surface area (Å²) in [5.41, 5.74) is 0.532. The van der Waals surface area contributed by atoms with Crippen LogP contribution in [-0.2, 0) is 0 Å². The molecule has 5 heteroatoms. The Bertz CT molecular complexity index is 414. The molecule has 1 amide bonds. The highest BCUT2D eigenvalue weighted by Crippen LogP contribution is 2.21. The van der Waals surface area contributed by atoms with E-state index in [4.69, 9.17) is 4.74 Å². The molecule has 1 aromatic heterocycles. The summed E-state index contributed by atoms with van der Waals surface area (Å²) in [6.45, 7) is 4.00. The quantitative estimate of drug-likeness (QED) is 0.825. The predicted octanol–water partition coefficient (Wildman–Crippen LogP) is 1.88. The molecule has 1 aliphatic heterocycles. The summed E-state index contributed by atoms with van der Waals surface area (Å²) in [6, 6.07) is 3.47. The summed E-state index contributed by atoms with van der Waals surface area (Å²) in [6.07, 6.45) is 4.49. The van der Waals surface area contributed by atoms with Gasteiger partial charge >= 0.3 is 0 Å². The maximum atomic E-state index is 11.6. The minimum Gasteiger partial charge on any atom is -0.473 e. The number of hydrogen-bond acceptors (Lipinski definition) is 4. The molecule has 1 saturated heterocycles. The van der Waals surface area contributed by atoms with E-state index in [9.17, 15) is 4.79 Å². The van der Waals surface area contributed by atoms with E-state index in [0.717, 1.165) is 17.9 Å². The highest BCUT2D eigenvalue weighted by Gasteiger charge is 2.17. The molecule has 2 rings (SSSR count). The van der Waals surface area contributed by atoms with Gasteiger partial charge in [-0.1, -0.05) is 6.08 Å². The minimum atomic E-state index is -0.148. The minimum absolute atomic E-state index is 0.148. The maximum Gasteiger partial charge on any atom is 0.253 e. The number of aromatic nitrogens is 1. The van der Waals surface area contributed by atoms with Crippen LogP contribution in [0.1, 0.15) is 16.8 Å². The zero-order valence-corrected chi connectivity index (χ0v) is 10.9. The predicted molar refractivity (Wildman–Crippen MR) is 73.1 cm³/mol. The van der Waals surface area contributed by atoms with Crippen molar-refractivity contribution in [1.29, 1.82) is 0 Å².